The van der Waals surface area contributed by atoms with Crippen LogP contribution < -0.4 is 5.32 Å². The maximum atomic E-state index is 11.1. The summed E-state index contributed by atoms with van der Waals surface area (Å²) < 4.78 is 4.62. The second kappa shape index (κ2) is 5.56. The Morgan fingerprint density at radius 2 is 2.00 bits per heavy atom. The fraction of sp³-hybridized carbons (Fsp3) is 0.167. The quantitative estimate of drug-likeness (QED) is 0.622. The van der Waals surface area contributed by atoms with Crippen LogP contribution in [0.25, 0.3) is 0 Å². The minimum Gasteiger partial charge on any atom is -0.436 e. The number of rotatable bonds is 3. The molecule has 0 aliphatic rings. The molecule has 0 saturated carbocycles. The molecular formula is C12H11NO3. The van der Waals surface area contributed by atoms with E-state index in [2.05, 4.69) is 16.0 Å². The number of hydrogen-bond acceptors (Lipinski definition) is 3. The van der Waals surface area contributed by atoms with Gasteiger partial charge in [0.15, 0.2) is 12.4 Å². The summed E-state index contributed by atoms with van der Waals surface area (Å²) in [6, 6.07) is 6.49. The molecule has 0 fully saturated rings. The van der Waals surface area contributed by atoms with E-state index in [9.17, 15) is 9.59 Å². The van der Waals surface area contributed by atoms with E-state index in [0.717, 1.165) is 0 Å². The van der Waals surface area contributed by atoms with E-state index in [1.54, 1.807) is 24.3 Å². The van der Waals surface area contributed by atoms with Gasteiger partial charge < -0.3 is 4.74 Å². The first-order chi connectivity index (χ1) is 7.63. The number of ketones is 1. The van der Waals surface area contributed by atoms with Gasteiger partial charge in [0.05, 0.1) is 0 Å². The van der Waals surface area contributed by atoms with Crippen molar-refractivity contribution in [2.45, 2.75) is 6.92 Å². The Morgan fingerprint density at radius 3 is 2.50 bits per heavy atom. The molecule has 0 radical (unpaired) electrons. The van der Waals surface area contributed by atoms with Gasteiger partial charge in [-0.1, -0.05) is 5.92 Å². The van der Waals surface area contributed by atoms with E-state index >= 15 is 0 Å². The molecular weight excluding hydrogens is 206 g/mol. The van der Waals surface area contributed by atoms with Crippen LogP contribution >= 0.6 is 0 Å². The van der Waals surface area contributed by atoms with Crippen molar-refractivity contribution in [3.8, 4) is 12.3 Å². The molecule has 0 spiro atoms. The van der Waals surface area contributed by atoms with Crippen LogP contribution in [0.5, 0.6) is 0 Å². The predicted molar refractivity (Wildman–Crippen MR) is 60.3 cm³/mol. The fourth-order valence-corrected chi connectivity index (χ4v) is 1.05. The SMILES string of the molecule is C#CCOC(=O)Nc1ccc(C(C)=O)cc1. The lowest BCUT2D eigenvalue weighted by Gasteiger charge is -2.04. The number of anilines is 1. The van der Waals surface area contributed by atoms with Crippen molar-refractivity contribution in [1.82, 2.24) is 0 Å². The Balaban J connectivity index is 2.59. The van der Waals surface area contributed by atoms with Gasteiger partial charge in [0.1, 0.15) is 0 Å². The summed E-state index contributed by atoms with van der Waals surface area (Å²) in [6.45, 7) is 1.40. The Labute approximate surface area is 93.6 Å². The maximum absolute atomic E-state index is 11.1. The topological polar surface area (TPSA) is 55.4 Å². The van der Waals surface area contributed by atoms with Crippen LogP contribution in [0.1, 0.15) is 17.3 Å². The molecule has 0 aliphatic carbocycles. The fourth-order valence-electron chi connectivity index (χ4n) is 1.05. The summed E-state index contributed by atoms with van der Waals surface area (Å²) in [5.41, 5.74) is 1.13. The molecule has 16 heavy (non-hydrogen) atoms. The summed E-state index contributed by atoms with van der Waals surface area (Å²) in [4.78, 5) is 22.1. The molecule has 4 nitrogen and oxygen atoms in total. The third-order valence-corrected chi connectivity index (χ3v) is 1.82. The summed E-state index contributed by atoms with van der Waals surface area (Å²) in [5, 5.41) is 2.47. The summed E-state index contributed by atoms with van der Waals surface area (Å²) >= 11 is 0. The normalized spacial score (nSPS) is 9.00. The third-order valence-electron chi connectivity index (χ3n) is 1.82. The van der Waals surface area contributed by atoms with Crippen molar-refractivity contribution in [2.75, 3.05) is 11.9 Å². The first-order valence-corrected chi connectivity index (χ1v) is 4.61. The van der Waals surface area contributed by atoms with Gasteiger partial charge in [-0.15, -0.1) is 6.42 Å². The molecule has 4 heteroatoms. The summed E-state index contributed by atoms with van der Waals surface area (Å²) in [7, 11) is 0. The molecule has 1 rings (SSSR count). The number of amides is 1. The van der Waals surface area contributed by atoms with Gasteiger partial charge in [-0.2, -0.15) is 0 Å². The average Bonchev–Trinajstić information content (AvgIpc) is 2.27. The molecule has 0 atom stereocenters. The molecule has 0 aliphatic heterocycles. The smallest absolute Gasteiger partial charge is 0.412 e. The average molecular weight is 217 g/mol. The second-order valence-electron chi connectivity index (χ2n) is 3.04. The molecule has 0 aromatic heterocycles. The molecule has 0 bridgehead atoms. The van der Waals surface area contributed by atoms with E-state index in [-0.39, 0.29) is 12.4 Å². The van der Waals surface area contributed by atoms with E-state index in [1.165, 1.54) is 6.92 Å². The highest BCUT2D eigenvalue weighted by Crippen LogP contribution is 2.10. The van der Waals surface area contributed by atoms with E-state index < -0.39 is 6.09 Å². The largest absolute Gasteiger partial charge is 0.436 e. The van der Waals surface area contributed by atoms with Crippen LogP contribution in [0.2, 0.25) is 0 Å². The van der Waals surface area contributed by atoms with Crippen molar-refractivity contribution in [2.24, 2.45) is 0 Å². The number of hydrogen-bond donors (Lipinski definition) is 1. The lowest BCUT2D eigenvalue weighted by atomic mass is 10.1. The molecule has 1 N–H and O–H groups in total. The van der Waals surface area contributed by atoms with Crippen LogP contribution in [-0.4, -0.2) is 18.5 Å². The zero-order valence-corrected chi connectivity index (χ0v) is 8.82. The van der Waals surface area contributed by atoms with E-state index in [1.807, 2.05) is 0 Å². The molecule has 0 heterocycles. The van der Waals surface area contributed by atoms with Crippen LogP contribution in [0.15, 0.2) is 24.3 Å². The Hall–Kier alpha value is -2.28. The molecule has 0 unspecified atom stereocenters. The minimum absolute atomic E-state index is 0.0264. The van der Waals surface area contributed by atoms with Gasteiger partial charge in [-0.3, -0.25) is 10.1 Å². The zero-order chi connectivity index (χ0) is 12.0. The van der Waals surface area contributed by atoms with Gasteiger partial charge in [-0.25, -0.2) is 4.79 Å². The second-order valence-corrected chi connectivity index (χ2v) is 3.04. The predicted octanol–water partition coefficient (Wildman–Crippen LogP) is 2.07. The van der Waals surface area contributed by atoms with Crippen LogP contribution in [0, 0.1) is 12.3 Å². The van der Waals surface area contributed by atoms with Gasteiger partial charge in [-0.05, 0) is 31.2 Å². The van der Waals surface area contributed by atoms with Crippen molar-refractivity contribution < 1.29 is 14.3 Å². The van der Waals surface area contributed by atoms with Crippen LogP contribution in [0.4, 0.5) is 10.5 Å². The minimum atomic E-state index is -0.617. The van der Waals surface area contributed by atoms with Crippen molar-refractivity contribution in [3.63, 3.8) is 0 Å². The van der Waals surface area contributed by atoms with Crippen molar-refractivity contribution in [3.05, 3.63) is 29.8 Å². The Kier molecular flexibility index (Phi) is 4.10. The van der Waals surface area contributed by atoms with E-state index in [0.29, 0.717) is 11.3 Å². The highest BCUT2D eigenvalue weighted by atomic mass is 16.5. The number of terminal acetylenes is 1. The Morgan fingerprint density at radius 1 is 1.38 bits per heavy atom. The van der Waals surface area contributed by atoms with E-state index in [4.69, 9.17) is 6.42 Å². The number of carbonyl (C=O) groups is 2. The highest BCUT2D eigenvalue weighted by Gasteiger charge is 2.03. The summed E-state index contributed by atoms with van der Waals surface area (Å²) in [6.07, 6.45) is 4.31. The van der Waals surface area contributed by atoms with Crippen molar-refractivity contribution in [1.29, 1.82) is 0 Å². The molecule has 1 amide bonds. The molecule has 1 aromatic carbocycles. The van der Waals surface area contributed by atoms with Gasteiger partial charge in [0, 0.05) is 11.3 Å². The molecule has 82 valence electrons. The number of nitrogens with one attached hydrogen (secondary N) is 1. The highest BCUT2D eigenvalue weighted by molar-refractivity contribution is 5.94. The number of carbonyl (C=O) groups excluding carboxylic acids is 2. The molecule has 1 aromatic rings. The van der Waals surface area contributed by atoms with Crippen molar-refractivity contribution >= 4 is 17.6 Å². The monoisotopic (exact) mass is 217 g/mol. The summed E-state index contributed by atoms with van der Waals surface area (Å²) in [5.74, 6) is 2.15. The lowest BCUT2D eigenvalue weighted by Crippen LogP contribution is -2.13. The maximum Gasteiger partial charge on any atom is 0.412 e. The van der Waals surface area contributed by atoms with Gasteiger partial charge in [0.25, 0.3) is 0 Å². The van der Waals surface area contributed by atoms with Crippen LogP contribution in [0.3, 0.4) is 0 Å². The number of benzene rings is 1. The zero-order valence-electron chi connectivity index (χ0n) is 8.82. The number of Topliss-reactive ketones (excluding diaryl/α,β-unsaturated/α-hetero) is 1. The van der Waals surface area contributed by atoms with Gasteiger partial charge >= 0.3 is 6.09 Å². The van der Waals surface area contributed by atoms with Gasteiger partial charge in [0.2, 0.25) is 0 Å². The lowest BCUT2D eigenvalue weighted by molar-refractivity contribution is 0.101. The first-order valence-electron chi connectivity index (χ1n) is 4.61. The molecule has 0 saturated heterocycles. The third kappa shape index (κ3) is 3.46. The standard InChI is InChI=1S/C12H11NO3/c1-3-8-16-12(15)13-11-6-4-10(5-7-11)9(2)14/h1,4-7H,8H2,2H3,(H,13,15). The Bertz CT molecular complexity index is 429. The number of ether oxygens (including phenoxy) is 1. The first kappa shape index (κ1) is 11.8. The van der Waals surface area contributed by atoms with Crippen LogP contribution in [-0.2, 0) is 4.74 Å².